The van der Waals surface area contributed by atoms with Gasteiger partial charge in [0.05, 0.1) is 17.5 Å². The first-order valence-electron chi connectivity index (χ1n) is 9.38. The van der Waals surface area contributed by atoms with Crippen molar-refractivity contribution in [1.82, 2.24) is 19.7 Å². The number of ether oxygens (including phenoxy) is 1. The fourth-order valence-electron chi connectivity index (χ4n) is 3.56. The van der Waals surface area contributed by atoms with Crippen molar-refractivity contribution in [2.45, 2.75) is 59.6 Å². The summed E-state index contributed by atoms with van der Waals surface area (Å²) >= 11 is 0. The van der Waals surface area contributed by atoms with Crippen LogP contribution in [0.25, 0.3) is 11.3 Å². The van der Waals surface area contributed by atoms with E-state index in [2.05, 4.69) is 35.8 Å². The fourth-order valence-corrected chi connectivity index (χ4v) is 3.56. The molecule has 6 nitrogen and oxygen atoms in total. The van der Waals surface area contributed by atoms with Gasteiger partial charge in [0.1, 0.15) is 0 Å². The molecule has 1 atom stereocenters. The van der Waals surface area contributed by atoms with Crippen LogP contribution in [-0.4, -0.2) is 45.5 Å². The van der Waals surface area contributed by atoms with Gasteiger partial charge in [-0.1, -0.05) is 6.92 Å². The summed E-state index contributed by atoms with van der Waals surface area (Å²) in [5.41, 5.74) is 4.26. The highest BCUT2D eigenvalue weighted by Crippen LogP contribution is 2.27. The number of anilines is 1. The Labute approximate surface area is 150 Å². The van der Waals surface area contributed by atoms with E-state index in [1.54, 1.807) is 0 Å². The van der Waals surface area contributed by atoms with Crippen molar-refractivity contribution < 1.29 is 4.74 Å². The summed E-state index contributed by atoms with van der Waals surface area (Å²) in [6.07, 6.45) is 5.44. The Morgan fingerprint density at radius 2 is 2.12 bits per heavy atom. The lowest BCUT2D eigenvalue weighted by atomic mass is 10.1. The molecule has 136 valence electrons. The predicted molar refractivity (Wildman–Crippen MR) is 99.9 cm³/mol. The minimum atomic E-state index is 0.285. The molecular weight excluding hydrogens is 314 g/mol. The third-order valence-corrected chi connectivity index (χ3v) is 4.80. The van der Waals surface area contributed by atoms with Gasteiger partial charge < -0.3 is 9.64 Å². The lowest BCUT2D eigenvalue weighted by Gasteiger charge is -2.32. The zero-order valence-corrected chi connectivity index (χ0v) is 15.8. The molecule has 0 bridgehead atoms. The standard InChI is InChI=1S/C19H29N5O/c1-5-12-25-16-8-7-11-23(13-16)19-20-10-9-17(21-19)18-14(3)22-24(6-2)15(18)4/h9-10,16H,5-8,11-13H2,1-4H3/t16-/m0/s1. The molecule has 0 spiro atoms. The van der Waals surface area contributed by atoms with Gasteiger partial charge in [0.15, 0.2) is 0 Å². The van der Waals surface area contributed by atoms with Crippen LogP contribution in [0, 0.1) is 13.8 Å². The highest BCUT2D eigenvalue weighted by molar-refractivity contribution is 5.65. The van der Waals surface area contributed by atoms with Gasteiger partial charge in [-0.2, -0.15) is 5.10 Å². The third kappa shape index (κ3) is 3.84. The minimum Gasteiger partial charge on any atom is -0.376 e. The van der Waals surface area contributed by atoms with Gasteiger partial charge in [-0.25, -0.2) is 9.97 Å². The Morgan fingerprint density at radius 3 is 2.84 bits per heavy atom. The Kier molecular flexibility index (Phi) is 5.68. The quantitative estimate of drug-likeness (QED) is 0.805. The van der Waals surface area contributed by atoms with Gasteiger partial charge in [0.2, 0.25) is 5.95 Å². The summed E-state index contributed by atoms with van der Waals surface area (Å²) in [6.45, 7) is 12.0. The van der Waals surface area contributed by atoms with Crippen LogP contribution < -0.4 is 4.90 Å². The molecule has 0 saturated carbocycles. The molecule has 1 aliphatic heterocycles. The van der Waals surface area contributed by atoms with Crippen LogP contribution in [0.3, 0.4) is 0 Å². The molecule has 0 aliphatic carbocycles. The van der Waals surface area contributed by atoms with E-state index in [4.69, 9.17) is 9.72 Å². The van der Waals surface area contributed by atoms with Crippen molar-refractivity contribution in [2.75, 3.05) is 24.6 Å². The molecule has 25 heavy (non-hydrogen) atoms. The fraction of sp³-hybridized carbons (Fsp3) is 0.632. The van der Waals surface area contributed by atoms with Gasteiger partial charge in [-0.05, 0) is 46.1 Å². The molecule has 0 radical (unpaired) electrons. The first-order valence-corrected chi connectivity index (χ1v) is 9.38. The molecular formula is C19H29N5O. The molecule has 0 aromatic carbocycles. The first-order chi connectivity index (χ1) is 12.1. The summed E-state index contributed by atoms with van der Waals surface area (Å²) in [5.74, 6) is 0.797. The highest BCUT2D eigenvalue weighted by atomic mass is 16.5. The molecule has 3 heterocycles. The van der Waals surface area contributed by atoms with E-state index in [0.717, 1.165) is 74.1 Å². The van der Waals surface area contributed by atoms with E-state index < -0.39 is 0 Å². The largest absolute Gasteiger partial charge is 0.376 e. The predicted octanol–water partition coefficient (Wildman–Crippen LogP) is 3.37. The molecule has 0 unspecified atom stereocenters. The molecule has 3 rings (SSSR count). The monoisotopic (exact) mass is 343 g/mol. The van der Waals surface area contributed by atoms with E-state index in [1.165, 1.54) is 0 Å². The van der Waals surface area contributed by atoms with E-state index in [-0.39, 0.29) is 6.10 Å². The number of aromatic nitrogens is 4. The van der Waals surface area contributed by atoms with Crippen LogP contribution in [-0.2, 0) is 11.3 Å². The number of hydrogen-bond acceptors (Lipinski definition) is 5. The van der Waals surface area contributed by atoms with Gasteiger partial charge in [0.25, 0.3) is 0 Å². The second-order valence-corrected chi connectivity index (χ2v) is 6.68. The van der Waals surface area contributed by atoms with Crippen LogP contribution >= 0.6 is 0 Å². The lowest BCUT2D eigenvalue weighted by molar-refractivity contribution is 0.0437. The van der Waals surface area contributed by atoms with Crippen LogP contribution in [0.5, 0.6) is 0 Å². The van der Waals surface area contributed by atoms with Crippen molar-refractivity contribution in [2.24, 2.45) is 0 Å². The molecule has 1 saturated heterocycles. The highest BCUT2D eigenvalue weighted by Gasteiger charge is 2.23. The van der Waals surface area contributed by atoms with Crippen molar-refractivity contribution >= 4 is 5.95 Å². The SMILES string of the molecule is CCCO[C@H]1CCCN(c2nccc(-c3c(C)nn(CC)c3C)n2)C1. The topological polar surface area (TPSA) is 56.1 Å². The zero-order valence-electron chi connectivity index (χ0n) is 15.8. The number of piperidine rings is 1. The summed E-state index contributed by atoms with van der Waals surface area (Å²) in [7, 11) is 0. The zero-order chi connectivity index (χ0) is 17.8. The molecule has 0 amide bonds. The summed E-state index contributed by atoms with van der Waals surface area (Å²) in [5, 5.41) is 4.62. The number of nitrogens with zero attached hydrogens (tertiary/aromatic N) is 5. The average molecular weight is 343 g/mol. The molecule has 1 aliphatic rings. The molecule has 6 heteroatoms. The second-order valence-electron chi connectivity index (χ2n) is 6.68. The molecule has 1 fully saturated rings. The second kappa shape index (κ2) is 7.95. The van der Waals surface area contributed by atoms with E-state index in [9.17, 15) is 0 Å². The third-order valence-electron chi connectivity index (χ3n) is 4.80. The number of rotatable bonds is 6. The van der Waals surface area contributed by atoms with Crippen LogP contribution in [0.15, 0.2) is 12.3 Å². The van der Waals surface area contributed by atoms with E-state index >= 15 is 0 Å². The number of aryl methyl sites for hydroxylation is 2. The smallest absolute Gasteiger partial charge is 0.225 e. The van der Waals surface area contributed by atoms with Gasteiger partial charge in [-0.3, -0.25) is 4.68 Å². The van der Waals surface area contributed by atoms with Crippen LogP contribution in [0.4, 0.5) is 5.95 Å². The Balaban J connectivity index is 1.83. The van der Waals surface area contributed by atoms with Crippen molar-refractivity contribution in [1.29, 1.82) is 0 Å². The molecule has 2 aromatic rings. The van der Waals surface area contributed by atoms with Gasteiger partial charge >= 0.3 is 0 Å². The maximum absolute atomic E-state index is 5.94. The van der Waals surface area contributed by atoms with Crippen molar-refractivity contribution in [3.05, 3.63) is 23.7 Å². The van der Waals surface area contributed by atoms with Crippen molar-refractivity contribution in [3.63, 3.8) is 0 Å². The van der Waals surface area contributed by atoms with Crippen molar-refractivity contribution in [3.8, 4) is 11.3 Å². The first kappa shape index (κ1) is 17.9. The van der Waals surface area contributed by atoms with E-state index in [1.807, 2.05) is 23.9 Å². The Morgan fingerprint density at radius 1 is 1.28 bits per heavy atom. The molecule has 0 N–H and O–H groups in total. The normalized spacial score (nSPS) is 17.9. The Hall–Kier alpha value is -1.95. The summed E-state index contributed by atoms with van der Waals surface area (Å²) in [6, 6.07) is 1.98. The summed E-state index contributed by atoms with van der Waals surface area (Å²) in [4.78, 5) is 11.6. The lowest BCUT2D eigenvalue weighted by Crippen LogP contribution is -2.40. The van der Waals surface area contributed by atoms with Gasteiger partial charge in [0, 0.05) is 43.7 Å². The van der Waals surface area contributed by atoms with Gasteiger partial charge in [-0.15, -0.1) is 0 Å². The number of hydrogen-bond donors (Lipinski definition) is 0. The summed E-state index contributed by atoms with van der Waals surface area (Å²) < 4.78 is 7.97. The Bertz CT molecular complexity index is 712. The maximum Gasteiger partial charge on any atom is 0.225 e. The average Bonchev–Trinajstić information content (AvgIpc) is 2.94. The minimum absolute atomic E-state index is 0.285. The van der Waals surface area contributed by atoms with Crippen LogP contribution in [0.1, 0.15) is 44.5 Å². The van der Waals surface area contributed by atoms with E-state index in [0.29, 0.717) is 0 Å². The van der Waals surface area contributed by atoms with Crippen LogP contribution in [0.2, 0.25) is 0 Å². The maximum atomic E-state index is 5.94. The molecule has 2 aromatic heterocycles.